The van der Waals surface area contributed by atoms with Gasteiger partial charge >= 0.3 is 0 Å². The second kappa shape index (κ2) is 2.58. The van der Waals surface area contributed by atoms with Gasteiger partial charge in [0.2, 0.25) is 0 Å². The molecule has 0 saturated heterocycles. The fraction of sp³-hybridized carbons (Fsp3) is 0. The van der Waals surface area contributed by atoms with Gasteiger partial charge in [0.05, 0.1) is 5.39 Å². The minimum Gasteiger partial charge on any atom is -0.399 e. The number of fused-ring (bicyclic) bond motifs is 1. The smallest absolute Gasteiger partial charge is 0.136 e. The zero-order valence-corrected chi connectivity index (χ0v) is 6.79. The first-order chi connectivity index (χ1) is 6.18. The molecule has 13 heavy (non-hydrogen) atoms. The topological polar surface area (TPSA) is 64.9 Å². The second-order valence-electron chi connectivity index (χ2n) is 2.80. The monoisotopic (exact) mass is 177 g/mol. The lowest BCUT2D eigenvalue weighted by molar-refractivity contribution is 0.640. The number of nitrogens with two attached hydrogens (primary N) is 2. The van der Waals surface area contributed by atoms with E-state index in [-0.39, 0.29) is 5.82 Å². The van der Waals surface area contributed by atoms with Gasteiger partial charge in [0.1, 0.15) is 11.6 Å². The van der Waals surface area contributed by atoms with Crippen molar-refractivity contribution in [3.8, 4) is 0 Å². The molecule has 0 aliphatic carbocycles. The third-order valence-corrected chi connectivity index (χ3v) is 1.87. The summed E-state index contributed by atoms with van der Waals surface area (Å²) in [5.41, 5.74) is 11.4. The summed E-state index contributed by atoms with van der Waals surface area (Å²) in [6.07, 6.45) is 1.52. The van der Waals surface area contributed by atoms with Gasteiger partial charge in [-0.05, 0) is 23.6 Å². The Hall–Kier alpha value is -1.84. The predicted octanol–water partition coefficient (Wildman–Crippen LogP) is 1.54. The highest BCUT2D eigenvalue weighted by atomic mass is 19.1. The van der Waals surface area contributed by atoms with E-state index in [1.165, 1.54) is 12.3 Å². The van der Waals surface area contributed by atoms with Gasteiger partial charge in [0.15, 0.2) is 0 Å². The Morgan fingerprint density at radius 2 is 2.00 bits per heavy atom. The van der Waals surface area contributed by atoms with Crippen LogP contribution in [-0.4, -0.2) is 4.98 Å². The molecule has 0 fully saturated rings. The van der Waals surface area contributed by atoms with Crippen LogP contribution in [-0.2, 0) is 0 Å². The highest BCUT2D eigenvalue weighted by Crippen LogP contribution is 2.24. The molecule has 2 rings (SSSR count). The number of benzene rings is 1. The van der Waals surface area contributed by atoms with E-state index in [9.17, 15) is 4.39 Å². The number of nitrogen functional groups attached to an aromatic ring is 2. The first-order valence-corrected chi connectivity index (χ1v) is 3.77. The van der Waals surface area contributed by atoms with E-state index in [2.05, 4.69) is 4.98 Å². The first kappa shape index (κ1) is 7.79. The van der Waals surface area contributed by atoms with E-state index in [4.69, 9.17) is 11.5 Å². The fourth-order valence-electron chi connectivity index (χ4n) is 1.31. The average molecular weight is 177 g/mol. The van der Waals surface area contributed by atoms with Gasteiger partial charge in [-0.25, -0.2) is 9.37 Å². The molecule has 0 amide bonds. The molecular formula is C9H8FN3. The third-order valence-electron chi connectivity index (χ3n) is 1.87. The second-order valence-corrected chi connectivity index (χ2v) is 2.80. The predicted molar refractivity (Wildman–Crippen MR) is 50.5 cm³/mol. The quantitative estimate of drug-likeness (QED) is 0.600. The molecule has 0 unspecified atom stereocenters. The minimum absolute atomic E-state index is 0.190. The van der Waals surface area contributed by atoms with E-state index in [0.717, 1.165) is 0 Å². The molecule has 0 saturated carbocycles. The molecule has 0 bridgehead atoms. The summed E-state index contributed by atoms with van der Waals surface area (Å²) in [4.78, 5) is 3.79. The minimum atomic E-state index is -0.430. The Balaban J connectivity index is 2.94. The number of pyridine rings is 1. The Kier molecular flexibility index (Phi) is 1.55. The molecule has 1 aromatic carbocycles. The van der Waals surface area contributed by atoms with Gasteiger partial charge in [-0.1, -0.05) is 0 Å². The van der Waals surface area contributed by atoms with Crippen molar-refractivity contribution in [2.24, 2.45) is 0 Å². The highest BCUT2D eigenvalue weighted by molar-refractivity contribution is 5.93. The molecule has 0 aliphatic heterocycles. The van der Waals surface area contributed by atoms with Crippen LogP contribution in [0.1, 0.15) is 0 Å². The van der Waals surface area contributed by atoms with E-state index in [1.807, 2.05) is 0 Å². The molecule has 1 aromatic heterocycles. The van der Waals surface area contributed by atoms with Crippen LogP contribution in [0.15, 0.2) is 24.4 Å². The van der Waals surface area contributed by atoms with Crippen molar-refractivity contribution in [1.82, 2.24) is 4.98 Å². The Bertz CT molecular complexity index is 468. The van der Waals surface area contributed by atoms with Gasteiger partial charge in [-0.15, -0.1) is 0 Å². The molecule has 1 heterocycles. The van der Waals surface area contributed by atoms with Gasteiger partial charge in [0.25, 0.3) is 0 Å². The largest absolute Gasteiger partial charge is 0.399 e. The maximum atomic E-state index is 13.3. The normalized spacial score (nSPS) is 10.5. The van der Waals surface area contributed by atoms with Crippen LogP contribution in [0, 0.1) is 5.82 Å². The van der Waals surface area contributed by atoms with Crippen molar-refractivity contribution in [2.75, 3.05) is 11.5 Å². The number of nitrogens with zero attached hydrogens (tertiary/aromatic N) is 1. The van der Waals surface area contributed by atoms with Crippen LogP contribution in [0.2, 0.25) is 0 Å². The molecule has 4 N–H and O–H groups in total. The summed E-state index contributed by atoms with van der Waals surface area (Å²) >= 11 is 0. The molecular weight excluding hydrogens is 169 g/mol. The number of halogens is 1. The van der Waals surface area contributed by atoms with Crippen molar-refractivity contribution >= 4 is 22.3 Å². The lowest BCUT2D eigenvalue weighted by Crippen LogP contribution is -1.95. The number of anilines is 2. The van der Waals surface area contributed by atoms with Gasteiger partial charge < -0.3 is 11.5 Å². The summed E-state index contributed by atoms with van der Waals surface area (Å²) in [7, 11) is 0. The molecule has 2 aromatic rings. The lowest BCUT2D eigenvalue weighted by atomic mass is 10.1. The van der Waals surface area contributed by atoms with Crippen molar-refractivity contribution < 1.29 is 4.39 Å². The van der Waals surface area contributed by atoms with Crippen LogP contribution < -0.4 is 11.5 Å². The van der Waals surface area contributed by atoms with Crippen LogP contribution >= 0.6 is 0 Å². The Morgan fingerprint density at radius 3 is 2.77 bits per heavy atom. The standard InChI is InChI=1S/C9H8FN3/c10-7-4-6(11)3-5-1-2-13-9(12)8(5)7/h1-4H,11H2,(H2,12,13). The van der Waals surface area contributed by atoms with Crippen LogP contribution in [0.25, 0.3) is 10.8 Å². The maximum Gasteiger partial charge on any atom is 0.136 e. The van der Waals surface area contributed by atoms with Gasteiger partial charge in [0, 0.05) is 11.9 Å². The Labute approximate surface area is 74.2 Å². The highest BCUT2D eigenvalue weighted by Gasteiger charge is 2.05. The van der Waals surface area contributed by atoms with Crippen LogP contribution in [0.5, 0.6) is 0 Å². The number of hydrogen-bond acceptors (Lipinski definition) is 3. The van der Waals surface area contributed by atoms with Gasteiger partial charge in [-0.2, -0.15) is 0 Å². The molecule has 0 aliphatic rings. The van der Waals surface area contributed by atoms with Crippen LogP contribution in [0.3, 0.4) is 0 Å². The van der Waals surface area contributed by atoms with E-state index < -0.39 is 5.82 Å². The number of rotatable bonds is 0. The Morgan fingerprint density at radius 1 is 1.23 bits per heavy atom. The molecule has 66 valence electrons. The lowest BCUT2D eigenvalue weighted by Gasteiger charge is -2.03. The zero-order valence-electron chi connectivity index (χ0n) is 6.79. The molecule has 0 radical (unpaired) electrons. The molecule has 4 heteroatoms. The van der Waals surface area contributed by atoms with E-state index in [0.29, 0.717) is 16.5 Å². The maximum absolute atomic E-state index is 13.3. The number of hydrogen-bond donors (Lipinski definition) is 2. The van der Waals surface area contributed by atoms with E-state index >= 15 is 0 Å². The van der Waals surface area contributed by atoms with Gasteiger partial charge in [-0.3, -0.25) is 0 Å². The van der Waals surface area contributed by atoms with Crippen LogP contribution in [0.4, 0.5) is 15.9 Å². The number of aromatic nitrogens is 1. The zero-order chi connectivity index (χ0) is 9.42. The molecule has 0 spiro atoms. The molecule has 0 atom stereocenters. The summed E-state index contributed by atoms with van der Waals surface area (Å²) in [5.74, 6) is -0.240. The summed E-state index contributed by atoms with van der Waals surface area (Å²) in [6, 6.07) is 4.57. The summed E-state index contributed by atoms with van der Waals surface area (Å²) < 4.78 is 13.3. The third kappa shape index (κ3) is 1.16. The SMILES string of the molecule is Nc1cc(F)c2c(N)nccc2c1. The van der Waals surface area contributed by atoms with Crippen molar-refractivity contribution in [3.63, 3.8) is 0 Å². The van der Waals surface area contributed by atoms with E-state index in [1.54, 1.807) is 12.1 Å². The average Bonchev–Trinajstić information content (AvgIpc) is 2.02. The summed E-state index contributed by atoms with van der Waals surface area (Å²) in [6.45, 7) is 0. The van der Waals surface area contributed by atoms with Crippen molar-refractivity contribution in [2.45, 2.75) is 0 Å². The fourth-order valence-corrected chi connectivity index (χ4v) is 1.31. The summed E-state index contributed by atoms with van der Waals surface area (Å²) in [5, 5.41) is 1.00. The van der Waals surface area contributed by atoms with Crippen molar-refractivity contribution in [1.29, 1.82) is 0 Å². The first-order valence-electron chi connectivity index (χ1n) is 3.77. The molecule has 3 nitrogen and oxygen atoms in total. The van der Waals surface area contributed by atoms with Crippen molar-refractivity contribution in [3.05, 3.63) is 30.2 Å².